The first-order valence-corrected chi connectivity index (χ1v) is 7.31. The number of nitrogens with one attached hydrogen (secondary N) is 2. The molecular formula is C16H12N5O5+. The summed E-state index contributed by atoms with van der Waals surface area (Å²) >= 11 is 0. The van der Waals surface area contributed by atoms with Gasteiger partial charge in [-0.1, -0.05) is 6.07 Å². The molecule has 1 amide bonds. The van der Waals surface area contributed by atoms with Crippen LogP contribution in [-0.2, 0) is 0 Å². The molecular weight excluding hydrogens is 342 g/mol. The second-order valence-electron chi connectivity index (χ2n) is 5.11. The van der Waals surface area contributed by atoms with Gasteiger partial charge in [-0.05, 0) is 33.7 Å². The van der Waals surface area contributed by atoms with Crippen molar-refractivity contribution < 1.29 is 18.9 Å². The van der Waals surface area contributed by atoms with E-state index in [2.05, 4.69) is 20.3 Å². The lowest BCUT2D eigenvalue weighted by atomic mass is 10.2. The van der Waals surface area contributed by atoms with Crippen molar-refractivity contribution in [1.29, 1.82) is 0 Å². The number of hydrazone groups is 1. The maximum absolute atomic E-state index is 12.1. The highest BCUT2D eigenvalue weighted by atomic mass is 16.6. The third-order valence-electron chi connectivity index (χ3n) is 3.35. The van der Waals surface area contributed by atoms with Gasteiger partial charge in [-0.15, -0.1) is 0 Å². The Hall–Kier alpha value is -4.08. The van der Waals surface area contributed by atoms with Crippen molar-refractivity contribution >= 4 is 17.8 Å². The largest absolute Gasteiger partial charge is 0.427 e. The Morgan fingerprint density at radius 2 is 2.04 bits per heavy atom. The number of hydrogen-bond acceptors (Lipinski definition) is 6. The van der Waals surface area contributed by atoms with Gasteiger partial charge in [0.15, 0.2) is 0 Å². The number of nitro benzene ring substituents is 1. The van der Waals surface area contributed by atoms with Gasteiger partial charge in [-0.2, -0.15) is 5.10 Å². The molecule has 1 heterocycles. The Bertz CT molecular complexity index is 1040. The standard InChI is InChI=1S/C16H11N5O5/c22-15-10-20(19-26-15)14-3-1-2-12(8-14)16(23)18-17-9-11-4-6-13(7-5-11)21(24)25/h1-10H,(H-,18,19,22,23)/p+1/b17-9+. The summed E-state index contributed by atoms with van der Waals surface area (Å²) in [5.41, 5.74) is 3.22. The molecule has 1 aromatic heterocycles. The molecule has 2 N–H and O–H groups in total. The first kappa shape index (κ1) is 16.8. The summed E-state index contributed by atoms with van der Waals surface area (Å²) in [6.07, 6.45) is 2.57. The molecule has 26 heavy (non-hydrogen) atoms. The first-order chi connectivity index (χ1) is 12.5. The number of nitro groups is 1. The molecule has 10 heteroatoms. The topological polar surface area (TPSA) is 134 Å². The molecule has 0 bridgehead atoms. The van der Waals surface area contributed by atoms with Crippen molar-refractivity contribution in [1.82, 2.24) is 10.7 Å². The van der Waals surface area contributed by atoms with E-state index in [0.717, 1.165) is 0 Å². The van der Waals surface area contributed by atoms with Crippen molar-refractivity contribution in [3.05, 3.63) is 86.4 Å². The number of amides is 1. The molecule has 0 aliphatic heterocycles. The molecule has 0 aliphatic rings. The number of aromatic amines is 1. The molecule has 0 saturated carbocycles. The van der Waals surface area contributed by atoms with E-state index in [4.69, 9.17) is 0 Å². The number of carbonyl (C=O) groups is 1. The van der Waals surface area contributed by atoms with Gasteiger partial charge in [0.25, 0.3) is 17.8 Å². The van der Waals surface area contributed by atoms with Crippen LogP contribution in [0.25, 0.3) is 5.69 Å². The molecule has 0 unspecified atom stereocenters. The van der Waals surface area contributed by atoms with Gasteiger partial charge in [-0.25, -0.2) is 10.2 Å². The average Bonchev–Trinajstić information content (AvgIpc) is 3.08. The Morgan fingerprint density at radius 3 is 2.69 bits per heavy atom. The second kappa shape index (κ2) is 7.21. The summed E-state index contributed by atoms with van der Waals surface area (Å²) in [4.78, 5) is 33.3. The van der Waals surface area contributed by atoms with Gasteiger partial charge in [0.1, 0.15) is 0 Å². The highest BCUT2D eigenvalue weighted by Gasteiger charge is 2.13. The minimum atomic E-state index is -0.549. The van der Waals surface area contributed by atoms with E-state index < -0.39 is 16.5 Å². The van der Waals surface area contributed by atoms with Crippen LogP contribution in [0.4, 0.5) is 5.69 Å². The minimum Gasteiger partial charge on any atom is -0.283 e. The van der Waals surface area contributed by atoms with E-state index in [9.17, 15) is 19.7 Å². The number of carbonyl (C=O) groups excluding carboxylic acids is 1. The zero-order chi connectivity index (χ0) is 18.5. The predicted molar refractivity (Wildman–Crippen MR) is 89.0 cm³/mol. The fraction of sp³-hybridized carbons (Fsp3) is 0. The highest BCUT2D eigenvalue weighted by Crippen LogP contribution is 2.10. The van der Waals surface area contributed by atoms with E-state index in [1.807, 2.05) is 0 Å². The van der Waals surface area contributed by atoms with Crippen molar-refractivity contribution in [3.63, 3.8) is 0 Å². The van der Waals surface area contributed by atoms with Crippen molar-refractivity contribution in [3.8, 4) is 5.69 Å². The van der Waals surface area contributed by atoms with E-state index in [1.54, 1.807) is 24.3 Å². The van der Waals surface area contributed by atoms with Crippen LogP contribution in [0.3, 0.4) is 0 Å². The second-order valence-corrected chi connectivity index (χ2v) is 5.11. The van der Waals surface area contributed by atoms with Crippen LogP contribution in [0.1, 0.15) is 15.9 Å². The van der Waals surface area contributed by atoms with Crippen LogP contribution in [-0.4, -0.2) is 22.3 Å². The Kier molecular flexibility index (Phi) is 4.65. The van der Waals surface area contributed by atoms with Crippen LogP contribution < -0.4 is 15.7 Å². The van der Waals surface area contributed by atoms with Crippen molar-refractivity contribution in [2.24, 2.45) is 5.10 Å². The molecule has 130 valence electrons. The average molecular weight is 354 g/mol. The van der Waals surface area contributed by atoms with Gasteiger partial charge in [0, 0.05) is 29.8 Å². The minimum absolute atomic E-state index is 0.0298. The molecule has 0 spiro atoms. The van der Waals surface area contributed by atoms with Crippen molar-refractivity contribution in [2.75, 3.05) is 0 Å². The van der Waals surface area contributed by atoms with Crippen LogP contribution >= 0.6 is 0 Å². The van der Waals surface area contributed by atoms with Crippen LogP contribution in [0, 0.1) is 10.1 Å². The summed E-state index contributed by atoms with van der Waals surface area (Å²) in [5.74, 6) is -0.462. The lowest BCUT2D eigenvalue weighted by molar-refractivity contribution is -0.670. The van der Waals surface area contributed by atoms with Gasteiger partial charge in [-0.3, -0.25) is 19.4 Å². The van der Waals surface area contributed by atoms with E-state index in [-0.39, 0.29) is 5.69 Å². The lowest BCUT2D eigenvalue weighted by Gasteiger charge is -1.99. The number of non-ortho nitro benzene ring substituents is 1. The fourth-order valence-electron chi connectivity index (χ4n) is 2.09. The number of hydrogen-bond donors (Lipinski definition) is 2. The highest BCUT2D eigenvalue weighted by molar-refractivity contribution is 5.95. The van der Waals surface area contributed by atoms with Gasteiger partial charge in [0.05, 0.1) is 11.1 Å². The zero-order valence-electron chi connectivity index (χ0n) is 13.2. The number of benzene rings is 2. The number of nitrogens with zero attached hydrogens (tertiary/aromatic N) is 3. The Morgan fingerprint density at radius 1 is 1.27 bits per heavy atom. The van der Waals surface area contributed by atoms with E-state index >= 15 is 0 Å². The molecule has 3 aromatic rings. The smallest absolute Gasteiger partial charge is 0.283 e. The molecule has 0 fully saturated rings. The summed E-state index contributed by atoms with van der Waals surface area (Å²) in [7, 11) is 0. The Balaban J connectivity index is 1.68. The fourth-order valence-corrected chi connectivity index (χ4v) is 2.09. The Labute approximate surface area is 145 Å². The van der Waals surface area contributed by atoms with Crippen LogP contribution in [0.15, 0.2) is 69.1 Å². The molecule has 10 nitrogen and oxygen atoms in total. The summed E-state index contributed by atoms with van der Waals surface area (Å²) in [6.45, 7) is 0. The molecule has 0 atom stereocenters. The zero-order valence-corrected chi connectivity index (χ0v) is 13.2. The first-order valence-electron chi connectivity index (χ1n) is 7.31. The lowest BCUT2D eigenvalue weighted by Crippen LogP contribution is -2.32. The predicted octanol–water partition coefficient (Wildman–Crippen LogP) is 0.917. The SMILES string of the molecule is O=C(N/N=C/c1ccc([N+](=O)[O-])cc1)c1cccc(-[n+]2cc(=O)o[nH]2)c1. The van der Waals surface area contributed by atoms with Gasteiger partial charge in [0.2, 0.25) is 5.69 Å². The van der Waals surface area contributed by atoms with Gasteiger partial charge < -0.3 is 0 Å². The molecule has 0 radical (unpaired) electrons. The monoisotopic (exact) mass is 354 g/mol. The van der Waals surface area contributed by atoms with E-state index in [1.165, 1.54) is 41.4 Å². The van der Waals surface area contributed by atoms with Crippen LogP contribution in [0.5, 0.6) is 0 Å². The van der Waals surface area contributed by atoms with Gasteiger partial charge >= 0.3 is 5.63 Å². The normalized spacial score (nSPS) is 10.8. The quantitative estimate of drug-likeness (QED) is 0.304. The molecule has 0 saturated heterocycles. The third-order valence-corrected chi connectivity index (χ3v) is 3.35. The number of aromatic nitrogens is 2. The number of rotatable bonds is 5. The summed E-state index contributed by atoms with van der Waals surface area (Å²) in [5, 5.41) is 16.8. The van der Waals surface area contributed by atoms with Crippen LogP contribution in [0.2, 0.25) is 0 Å². The maximum atomic E-state index is 12.1. The number of H-pyrrole nitrogens is 1. The molecule has 2 aromatic carbocycles. The summed E-state index contributed by atoms with van der Waals surface area (Å²) < 4.78 is 5.91. The maximum Gasteiger partial charge on any atom is 0.427 e. The third kappa shape index (κ3) is 3.87. The van der Waals surface area contributed by atoms with E-state index in [0.29, 0.717) is 16.8 Å². The summed E-state index contributed by atoms with van der Waals surface area (Å²) in [6, 6.07) is 12.2. The molecule has 3 rings (SSSR count). The van der Waals surface area contributed by atoms with Crippen molar-refractivity contribution in [2.45, 2.75) is 0 Å². The molecule has 0 aliphatic carbocycles.